The fraction of sp³-hybridized carbons (Fsp3) is 1.00. The van der Waals surface area contributed by atoms with Crippen LogP contribution >= 0.6 is 0 Å². The summed E-state index contributed by atoms with van der Waals surface area (Å²) < 4.78 is 5.87. The third-order valence-electron chi connectivity index (χ3n) is 4.90. The van der Waals surface area contributed by atoms with Crippen LogP contribution in [-0.4, -0.2) is 25.8 Å². The van der Waals surface area contributed by atoms with Crippen LogP contribution in [0.5, 0.6) is 0 Å². The van der Waals surface area contributed by atoms with E-state index in [-0.39, 0.29) is 0 Å². The SMILES string of the molecule is CCCNCC1(CC2CCCC2)CCOC1C. The van der Waals surface area contributed by atoms with Crippen molar-refractivity contribution in [2.75, 3.05) is 19.7 Å². The van der Waals surface area contributed by atoms with E-state index in [1.807, 2.05) is 0 Å². The van der Waals surface area contributed by atoms with Crippen molar-refractivity contribution in [3.63, 3.8) is 0 Å². The molecule has 17 heavy (non-hydrogen) atoms. The Balaban J connectivity index is 1.91. The molecule has 0 aromatic heterocycles. The largest absolute Gasteiger partial charge is 0.378 e. The number of rotatable bonds is 6. The second kappa shape index (κ2) is 6.19. The molecule has 2 nitrogen and oxygen atoms in total. The minimum absolute atomic E-state index is 0.435. The maximum Gasteiger partial charge on any atom is 0.0616 e. The first-order valence-electron chi connectivity index (χ1n) is 7.59. The van der Waals surface area contributed by atoms with E-state index in [0.717, 1.165) is 19.1 Å². The summed E-state index contributed by atoms with van der Waals surface area (Å²) in [7, 11) is 0. The van der Waals surface area contributed by atoms with E-state index < -0.39 is 0 Å². The predicted molar refractivity (Wildman–Crippen MR) is 72.2 cm³/mol. The number of hydrogen-bond acceptors (Lipinski definition) is 2. The Morgan fingerprint density at radius 2 is 2.06 bits per heavy atom. The van der Waals surface area contributed by atoms with Crippen molar-refractivity contribution in [3.05, 3.63) is 0 Å². The highest BCUT2D eigenvalue weighted by molar-refractivity contribution is 4.93. The van der Waals surface area contributed by atoms with Gasteiger partial charge in [0.25, 0.3) is 0 Å². The molecule has 1 aliphatic heterocycles. The number of hydrogen-bond donors (Lipinski definition) is 1. The van der Waals surface area contributed by atoms with Crippen LogP contribution in [0.15, 0.2) is 0 Å². The zero-order valence-corrected chi connectivity index (χ0v) is 11.6. The van der Waals surface area contributed by atoms with Crippen molar-refractivity contribution in [1.29, 1.82) is 0 Å². The van der Waals surface area contributed by atoms with Gasteiger partial charge in [0.1, 0.15) is 0 Å². The second-order valence-corrected chi connectivity index (χ2v) is 6.16. The van der Waals surface area contributed by atoms with Crippen LogP contribution in [0.25, 0.3) is 0 Å². The summed E-state index contributed by atoms with van der Waals surface area (Å²) in [5.74, 6) is 0.975. The normalized spacial score (nSPS) is 34.6. The van der Waals surface area contributed by atoms with Gasteiger partial charge in [-0.1, -0.05) is 32.6 Å². The van der Waals surface area contributed by atoms with E-state index in [2.05, 4.69) is 19.2 Å². The van der Waals surface area contributed by atoms with E-state index >= 15 is 0 Å². The zero-order chi connectivity index (χ0) is 12.1. The first kappa shape index (κ1) is 13.4. The Hall–Kier alpha value is -0.0800. The molecular formula is C15H29NO. The van der Waals surface area contributed by atoms with Crippen LogP contribution in [-0.2, 0) is 4.74 Å². The van der Waals surface area contributed by atoms with Crippen molar-refractivity contribution in [2.45, 2.75) is 64.9 Å². The van der Waals surface area contributed by atoms with Gasteiger partial charge < -0.3 is 10.1 Å². The number of nitrogens with one attached hydrogen (secondary N) is 1. The van der Waals surface area contributed by atoms with E-state index in [4.69, 9.17) is 4.74 Å². The van der Waals surface area contributed by atoms with Crippen LogP contribution in [0, 0.1) is 11.3 Å². The third-order valence-corrected chi connectivity index (χ3v) is 4.90. The summed E-state index contributed by atoms with van der Waals surface area (Å²) in [6.07, 6.45) is 10.2. The standard InChI is InChI=1S/C15H29NO/c1-3-9-16-12-15(8-10-17-13(15)2)11-14-6-4-5-7-14/h13-14,16H,3-12H2,1-2H3. The molecule has 2 aliphatic rings. The van der Waals surface area contributed by atoms with Gasteiger partial charge in [0.2, 0.25) is 0 Å². The molecule has 2 heteroatoms. The van der Waals surface area contributed by atoms with Gasteiger partial charge in [-0.05, 0) is 38.6 Å². The molecule has 0 spiro atoms. The number of ether oxygens (including phenoxy) is 1. The maximum absolute atomic E-state index is 5.87. The lowest BCUT2D eigenvalue weighted by molar-refractivity contribution is 0.0495. The zero-order valence-electron chi connectivity index (χ0n) is 11.6. The van der Waals surface area contributed by atoms with Crippen molar-refractivity contribution >= 4 is 0 Å². The Labute approximate surface area is 107 Å². The molecule has 0 bridgehead atoms. The van der Waals surface area contributed by atoms with E-state index in [1.54, 1.807) is 0 Å². The lowest BCUT2D eigenvalue weighted by atomic mass is 9.74. The molecule has 2 unspecified atom stereocenters. The molecule has 2 fully saturated rings. The molecule has 1 saturated carbocycles. The van der Waals surface area contributed by atoms with E-state index in [9.17, 15) is 0 Å². The first-order valence-corrected chi connectivity index (χ1v) is 7.59. The summed E-state index contributed by atoms with van der Waals surface area (Å²) in [6.45, 7) is 7.82. The van der Waals surface area contributed by atoms with Crippen molar-refractivity contribution < 1.29 is 4.74 Å². The van der Waals surface area contributed by atoms with Gasteiger partial charge in [-0.2, -0.15) is 0 Å². The van der Waals surface area contributed by atoms with Crippen LogP contribution in [0.4, 0.5) is 0 Å². The van der Waals surface area contributed by atoms with Gasteiger partial charge in [0.15, 0.2) is 0 Å². The van der Waals surface area contributed by atoms with Crippen molar-refractivity contribution in [3.8, 4) is 0 Å². The van der Waals surface area contributed by atoms with Gasteiger partial charge in [0.05, 0.1) is 6.10 Å². The second-order valence-electron chi connectivity index (χ2n) is 6.16. The Morgan fingerprint density at radius 3 is 2.65 bits per heavy atom. The minimum atomic E-state index is 0.435. The van der Waals surface area contributed by atoms with Gasteiger partial charge in [-0.3, -0.25) is 0 Å². The predicted octanol–water partition coefficient (Wildman–Crippen LogP) is 3.36. The van der Waals surface area contributed by atoms with E-state index in [0.29, 0.717) is 11.5 Å². The highest BCUT2D eigenvalue weighted by Crippen LogP contribution is 2.44. The average molecular weight is 239 g/mol. The fourth-order valence-electron chi connectivity index (χ4n) is 3.69. The Kier molecular flexibility index (Phi) is 4.87. The summed E-state index contributed by atoms with van der Waals surface area (Å²) >= 11 is 0. The van der Waals surface area contributed by atoms with Crippen LogP contribution < -0.4 is 5.32 Å². The monoisotopic (exact) mass is 239 g/mol. The minimum Gasteiger partial charge on any atom is -0.378 e. The molecule has 0 aromatic carbocycles. The molecule has 2 rings (SSSR count). The fourth-order valence-corrected chi connectivity index (χ4v) is 3.69. The molecule has 1 N–H and O–H groups in total. The van der Waals surface area contributed by atoms with Gasteiger partial charge in [-0.15, -0.1) is 0 Å². The maximum atomic E-state index is 5.87. The first-order chi connectivity index (χ1) is 8.27. The highest BCUT2D eigenvalue weighted by Gasteiger charge is 2.42. The van der Waals surface area contributed by atoms with E-state index in [1.165, 1.54) is 51.5 Å². The molecule has 0 aromatic rings. The Morgan fingerprint density at radius 1 is 1.29 bits per heavy atom. The quantitative estimate of drug-likeness (QED) is 0.718. The van der Waals surface area contributed by atoms with Crippen LogP contribution in [0.2, 0.25) is 0 Å². The molecule has 2 atom stereocenters. The smallest absolute Gasteiger partial charge is 0.0616 e. The van der Waals surface area contributed by atoms with Gasteiger partial charge in [0, 0.05) is 18.6 Å². The molecule has 1 saturated heterocycles. The molecule has 0 radical (unpaired) electrons. The molecule has 0 amide bonds. The third kappa shape index (κ3) is 3.23. The van der Waals surface area contributed by atoms with Gasteiger partial charge >= 0.3 is 0 Å². The highest BCUT2D eigenvalue weighted by atomic mass is 16.5. The summed E-state index contributed by atoms with van der Waals surface area (Å²) in [5.41, 5.74) is 0.435. The molecular weight excluding hydrogens is 210 g/mol. The lowest BCUT2D eigenvalue weighted by Gasteiger charge is -2.35. The summed E-state index contributed by atoms with van der Waals surface area (Å²) in [5, 5.41) is 3.64. The Bertz CT molecular complexity index is 225. The molecule has 1 heterocycles. The molecule has 100 valence electrons. The summed E-state index contributed by atoms with van der Waals surface area (Å²) in [4.78, 5) is 0. The van der Waals surface area contributed by atoms with Crippen molar-refractivity contribution in [1.82, 2.24) is 5.32 Å². The topological polar surface area (TPSA) is 21.3 Å². The summed E-state index contributed by atoms with van der Waals surface area (Å²) in [6, 6.07) is 0. The van der Waals surface area contributed by atoms with Crippen LogP contribution in [0.1, 0.15) is 58.8 Å². The lowest BCUT2D eigenvalue weighted by Crippen LogP contribution is -2.41. The van der Waals surface area contributed by atoms with Gasteiger partial charge in [-0.25, -0.2) is 0 Å². The van der Waals surface area contributed by atoms with Crippen molar-refractivity contribution in [2.24, 2.45) is 11.3 Å². The molecule has 1 aliphatic carbocycles. The van der Waals surface area contributed by atoms with Crippen LogP contribution in [0.3, 0.4) is 0 Å². The average Bonchev–Trinajstić information content (AvgIpc) is 2.92.